The molecule has 0 spiro atoms. The average molecular weight is 196 g/mol. The van der Waals surface area contributed by atoms with Crippen LogP contribution < -0.4 is 4.90 Å². The zero-order valence-corrected chi connectivity index (χ0v) is 9.07. The van der Waals surface area contributed by atoms with Crippen LogP contribution in [0.3, 0.4) is 0 Å². The SMILES string of the molecule is CN(C)c1ccccc1-c1c[c]ccc1. The molecule has 1 radical (unpaired) electrons. The maximum Gasteiger partial charge on any atom is 0.0440 e. The van der Waals surface area contributed by atoms with Crippen LogP contribution in [0.5, 0.6) is 0 Å². The molecule has 0 aliphatic carbocycles. The Morgan fingerprint density at radius 3 is 2.47 bits per heavy atom. The Kier molecular flexibility index (Phi) is 2.72. The van der Waals surface area contributed by atoms with Crippen molar-refractivity contribution < 1.29 is 0 Å². The molecular weight excluding hydrogens is 182 g/mol. The Hall–Kier alpha value is -1.76. The highest BCUT2D eigenvalue weighted by Gasteiger charge is 2.04. The molecule has 2 aromatic carbocycles. The van der Waals surface area contributed by atoms with Crippen LogP contribution in [0.25, 0.3) is 11.1 Å². The number of anilines is 1. The molecule has 0 saturated carbocycles. The molecule has 2 aromatic rings. The molecule has 2 rings (SSSR count). The average Bonchev–Trinajstić information content (AvgIpc) is 2.30. The summed E-state index contributed by atoms with van der Waals surface area (Å²) in [7, 11) is 4.12. The van der Waals surface area contributed by atoms with Crippen molar-refractivity contribution in [2.75, 3.05) is 19.0 Å². The van der Waals surface area contributed by atoms with Gasteiger partial charge in [-0.2, -0.15) is 0 Å². The van der Waals surface area contributed by atoms with Crippen LogP contribution in [0.1, 0.15) is 0 Å². The van der Waals surface area contributed by atoms with Gasteiger partial charge in [-0.15, -0.1) is 0 Å². The van der Waals surface area contributed by atoms with Crippen LogP contribution in [0.15, 0.2) is 48.5 Å². The van der Waals surface area contributed by atoms with Gasteiger partial charge in [0.2, 0.25) is 0 Å². The van der Waals surface area contributed by atoms with Crippen LogP contribution in [-0.2, 0) is 0 Å². The van der Waals surface area contributed by atoms with Crippen molar-refractivity contribution in [2.24, 2.45) is 0 Å². The van der Waals surface area contributed by atoms with Gasteiger partial charge in [-0.25, -0.2) is 0 Å². The molecule has 0 amide bonds. The number of para-hydroxylation sites is 1. The van der Waals surface area contributed by atoms with Gasteiger partial charge < -0.3 is 4.90 Å². The number of hydrogen-bond donors (Lipinski definition) is 0. The van der Waals surface area contributed by atoms with Gasteiger partial charge in [0.25, 0.3) is 0 Å². The van der Waals surface area contributed by atoms with E-state index in [1.165, 1.54) is 16.8 Å². The van der Waals surface area contributed by atoms with Crippen molar-refractivity contribution in [3.05, 3.63) is 54.6 Å². The molecular formula is C14H14N. The van der Waals surface area contributed by atoms with Gasteiger partial charge in [0.15, 0.2) is 0 Å². The van der Waals surface area contributed by atoms with Crippen LogP contribution in [0.4, 0.5) is 5.69 Å². The molecule has 1 heteroatoms. The highest BCUT2D eigenvalue weighted by Crippen LogP contribution is 2.28. The minimum atomic E-state index is 1.21. The molecule has 0 aliphatic heterocycles. The maximum absolute atomic E-state index is 3.11. The topological polar surface area (TPSA) is 3.24 Å². The summed E-state index contributed by atoms with van der Waals surface area (Å²) in [6.07, 6.45) is 0. The minimum Gasteiger partial charge on any atom is -0.377 e. The second-order valence-electron chi connectivity index (χ2n) is 3.70. The summed E-state index contributed by atoms with van der Waals surface area (Å²) in [5, 5.41) is 0. The molecule has 0 heterocycles. The monoisotopic (exact) mass is 196 g/mol. The summed E-state index contributed by atoms with van der Waals surface area (Å²) in [4.78, 5) is 2.13. The first-order valence-electron chi connectivity index (χ1n) is 5.02. The largest absolute Gasteiger partial charge is 0.377 e. The Morgan fingerprint density at radius 2 is 1.80 bits per heavy atom. The van der Waals surface area contributed by atoms with Crippen molar-refractivity contribution in [3.63, 3.8) is 0 Å². The van der Waals surface area contributed by atoms with Crippen LogP contribution >= 0.6 is 0 Å². The van der Waals surface area contributed by atoms with E-state index in [9.17, 15) is 0 Å². The molecule has 0 saturated heterocycles. The fourth-order valence-electron chi connectivity index (χ4n) is 1.67. The van der Waals surface area contributed by atoms with Gasteiger partial charge in [0, 0.05) is 25.3 Å². The summed E-state index contributed by atoms with van der Waals surface area (Å²) in [6, 6.07) is 19.6. The maximum atomic E-state index is 3.11. The van der Waals surface area contributed by atoms with Crippen molar-refractivity contribution in [1.29, 1.82) is 0 Å². The highest BCUT2D eigenvalue weighted by atomic mass is 15.1. The Bertz CT molecular complexity index is 432. The Labute approximate surface area is 91.0 Å². The lowest BCUT2D eigenvalue weighted by molar-refractivity contribution is 1.13. The first kappa shape index (κ1) is 9.78. The molecule has 0 atom stereocenters. The van der Waals surface area contributed by atoms with E-state index in [1.807, 2.05) is 18.2 Å². The zero-order valence-electron chi connectivity index (χ0n) is 9.07. The lowest BCUT2D eigenvalue weighted by atomic mass is 10.0. The molecule has 0 fully saturated rings. The third kappa shape index (κ3) is 2.01. The van der Waals surface area contributed by atoms with E-state index in [2.05, 4.69) is 55.4 Å². The molecule has 0 aliphatic rings. The molecule has 75 valence electrons. The van der Waals surface area contributed by atoms with Crippen LogP contribution in [0, 0.1) is 6.07 Å². The van der Waals surface area contributed by atoms with E-state index in [0.29, 0.717) is 0 Å². The second-order valence-corrected chi connectivity index (χ2v) is 3.70. The van der Waals surface area contributed by atoms with Crippen molar-refractivity contribution in [1.82, 2.24) is 0 Å². The van der Waals surface area contributed by atoms with Crippen molar-refractivity contribution in [2.45, 2.75) is 0 Å². The summed E-state index contributed by atoms with van der Waals surface area (Å²) in [5.41, 5.74) is 3.69. The molecule has 0 unspecified atom stereocenters. The van der Waals surface area contributed by atoms with E-state index in [4.69, 9.17) is 0 Å². The normalized spacial score (nSPS) is 10.0. The van der Waals surface area contributed by atoms with E-state index in [0.717, 1.165) is 0 Å². The lowest BCUT2D eigenvalue weighted by Crippen LogP contribution is -2.09. The third-order valence-corrected chi connectivity index (χ3v) is 2.40. The number of rotatable bonds is 2. The van der Waals surface area contributed by atoms with Gasteiger partial charge in [0.05, 0.1) is 0 Å². The quantitative estimate of drug-likeness (QED) is 0.712. The number of hydrogen-bond acceptors (Lipinski definition) is 1. The number of nitrogens with zero attached hydrogens (tertiary/aromatic N) is 1. The standard InChI is InChI=1S/C14H14N/c1-15(2)14-11-7-6-10-13(14)12-8-4-3-5-9-12/h3-4,6-11H,1-2H3. The smallest absolute Gasteiger partial charge is 0.0440 e. The van der Waals surface area contributed by atoms with E-state index in [1.54, 1.807) is 0 Å². The summed E-state index contributed by atoms with van der Waals surface area (Å²) >= 11 is 0. The summed E-state index contributed by atoms with van der Waals surface area (Å²) in [6.45, 7) is 0. The molecule has 0 bridgehead atoms. The van der Waals surface area contributed by atoms with E-state index in [-0.39, 0.29) is 0 Å². The van der Waals surface area contributed by atoms with Crippen molar-refractivity contribution in [3.8, 4) is 11.1 Å². The van der Waals surface area contributed by atoms with E-state index < -0.39 is 0 Å². The third-order valence-electron chi connectivity index (χ3n) is 2.40. The van der Waals surface area contributed by atoms with Gasteiger partial charge >= 0.3 is 0 Å². The first-order chi connectivity index (χ1) is 7.29. The molecule has 0 N–H and O–H groups in total. The Morgan fingerprint density at radius 1 is 1.00 bits per heavy atom. The molecule has 15 heavy (non-hydrogen) atoms. The van der Waals surface area contributed by atoms with Crippen LogP contribution in [0.2, 0.25) is 0 Å². The van der Waals surface area contributed by atoms with Gasteiger partial charge in [-0.3, -0.25) is 0 Å². The summed E-state index contributed by atoms with van der Waals surface area (Å²) < 4.78 is 0. The molecule has 1 nitrogen and oxygen atoms in total. The first-order valence-corrected chi connectivity index (χ1v) is 5.02. The predicted octanol–water partition coefficient (Wildman–Crippen LogP) is 3.22. The van der Waals surface area contributed by atoms with Gasteiger partial charge in [-0.1, -0.05) is 36.4 Å². The molecule has 0 aromatic heterocycles. The van der Waals surface area contributed by atoms with Crippen LogP contribution in [-0.4, -0.2) is 14.1 Å². The van der Waals surface area contributed by atoms with Gasteiger partial charge in [0.1, 0.15) is 0 Å². The number of benzene rings is 2. The predicted molar refractivity (Wildman–Crippen MR) is 65.0 cm³/mol. The minimum absolute atomic E-state index is 1.21. The van der Waals surface area contributed by atoms with E-state index >= 15 is 0 Å². The zero-order chi connectivity index (χ0) is 10.7. The Balaban J connectivity index is 2.53. The lowest BCUT2D eigenvalue weighted by Gasteiger charge is -2.17. The second kappa shape index (κ2) is 4.18. The fourth-order valence-corrected chi connectivity index (χ4v) is 1.67. The van der Waals surface area contributed by atoms with Gasteiger partial charge in [-0.05, 0) is 23.8 Å². The fraction of sp³-hybridized carbons (Fsp3) is 0.143. The highest BCUT2D eigenvalue weighted by molar-refractivity contribution is 5.78. The van der Waals surface area contributed by atoms with Crippen molar-refractivity contribution >= 4 is 5.69 Å². The summed E-state index contributed by atoms with van der Waals surface area (Å²) in [5.74, 6) is 0.